The van der Waals surface area contributed by atoms with E-state index in [0.29, 0.717) is 19.4 Å². The minimum atomic E-state index is -0.759. The summed E-state index contributed by atoms with van der Waals surface area (Å²) in [7, 11) is 8.27. The minimum absolute atomic E-state index is 0.0859. The van der Waals surface area contributed by atoms with Crippen molar-refractivity contribution in [1.29, 1.82) is 0 Å². The number of aliphatic carboxylic acids is 1. The molecule has 0 fully saturated rings. The first-order valence-electron chi connectivity index (χ1n) is 13.0. The van der Waals surface area contributed by atoms with Crippen molar-refractivity contribution in [3.63, 3.8) is 0 Å². The van der Waals surface area contributed by atoms with Crippen LogP contribution < -0.4 is 19.7 Å². The third kappa shape index (κ3) is 7.57. The number of rotatable bonds is 14. The van der Waals surface area contributed by atoms with Gasteiger partial charge in [0.25, 0.3) is 0 Å². The number of benzene rings is 2. The lowest BCUT2D eigenvalue weighted by atomic mass is 10.1. The highest BCUT2D eigenvalue weighted by atomic mass is 16.4. The van der Waals surface area contributed by atoms with Crippen LogP contribution in [0.5, 0.6) is 0 Å². The summed E-state index contributed by atoms with van der Waals surface area (Å²) >= 11 is 0. The fourth-order valence-electron chi connectivity index (χ4n) is 4.50. The number of hydrogen-bond donors (Lipinski definition) is 2. The number of carboxylic acid groups (broad SMARTS) is 1. The number of nitrogens with zero attached hydrogens (tertiary/aromatic N) is 3. The van der Waals surface area contributed by atoms with Gasteiger partial charge in [0.05, 0.1) is 0 Å². The highest BCUT2D eigenvalue weighted by Gasteiger charge is 2.17. The second-order valence-corrected chi connectivity index (χ2v) is 9.94. The number of nitrogens with one attached hydrogen (secondary N) is 1. The zero-order valence-corrected chi connectivity index (χ0v) is 22.2. The number of anilines is 2. The number of aromatic nitrogens is 1. The molecule has 7 heteroatoms. The summed E-state index contributed by atoms with van der Waals surface area (Å²) < 4.78 is 2.43. The average Bonchev–Trinajstić information content (AvgIpc) is 2.84. The molecule has 7 nitrogen and oxygen atoms in total. The van der Waals surface area contributed by atoms with Crippen LogP contribution in [-0.4, -0.2) is 51.7 Å². The standard InChI is InChI=1S/C29H40N4O3/c1-31(2)24-15-13-22-19-23-14-16-25(32(3)4)21-27(23)33(26(22)20-24)18-10-6-7-11-28(34)30-17-9-5-8-12-29(35)36/h13-16,19-21H,5-12,17-18H2,1-4H3,(H-,30,34,35,36)/p+1. The van der Waals surface area contributed by atoms with E-state index in [0.717, 1.165) is 38.6 Å². The van der Waals surface area contributed by atoms with Crippen molar-refractivity contribution in [3.8, 4) is 0 Å². The van der Waals surface area contributed by atoms with E-state index < -0.39 is 5.97 Å². The van der Waals surface area contributed by atoms with Crippen LogP contribution in [0.3, 0.4) is 0 Å². The van der Waals surface area contributed by atoms with Gasteiger partial charge >= 0.3 is 5.97 Å². The highest BCUT2D eigenvalue weighted by Crippen LogP contribution is 2.25. The van der Waals surface area contributed by atoms with Gasteiger partial charge in [-0.05, 0) is 56.0 Å². The van der Waals surface area contributed by atoms with Gasteiger partial charge in [-0.1, -0.05) is 6.42 Å². The zero-order chi connectivity index (χ0) is 26.1. The summed E-state index contributed by atoms with van der Waals surface area (Å²) in [6.07, 6.45) is 5.90. The van der Waals surface area contributed by atoms with Crippen LogP contribution >= 0.6 is 0 Å². The first kappa shape index (κ1) is 27.2. The predicted molar refractivity (Wildman–Crippen MR) is 148 cm³/mol. The van der Waals surface area contributed by atoms with E-state index in [-0.39, 0.29) is 12.3 Å². The highest BCUT2D eigenvalue weighted by molar-refractivity contribution is 5.91. The van der Waals surface area contributed by atoms with Crippen molar-refractivity contribution in [2.45, 2.75) is 57.9 Å². The van der Waals surface area contributed by atoms with Gasteiger partial charge in [-0.2, -0.15) is 4.57 Å². The number of amides is 1. The van der Waals surface area contributed by atoms with Gasteiger partial charge in [-0.15, -0.1) is 0 Å². The molecular weight excluding hydrogens is 452 g/mol. The van der Waals surface area contributed by atoms with E-state index in [2.05, 4.69) is 90.3 Å². The number of pyridine rings is 1. The van der Waals surface area contributed by atoms with Crippen molar-refractivity contribution in [2.24, 2.45) is 0 Å². The van der Waals surface area contributed by atoms with Crippen molar-refractivity contribution < 1.29 is 19.3 Å². The van der Waals surface area contributed by atoms with Crippen LogP contribution in [0.2, 0.25) is 0 Å². The third-order valence-electron chi connectivity index (χ3n) is 6.63. The smallest absolute Gasteiger partial charge is 0.303 e. The van der Waals surface area contributed by atoms with Crippen molar-refractivity contribution in [2.75, 3.05) is 44.5 Å². The minimum Gasteiger partial charge on any atom is -0.481 e. The molecule has 0 spiro atoms. The van der Waals surface area contributed by atoms with Crippen LogP contribution in [0.4, 0.5) is 11.4 Å². The molecule has 3 rings (SSSR count). The zero-order valence-electron chi connectivity index (χ0n) is 22.2. The van der Waals surface area contributed by atoms with Gasteiger partial charge in [0.2, 0.25) is 16.9 Å². The van der Waals surface area contributed by atoms with Gasteiger partial charge in [-0.3, -0.25) is 9.59 Å². The fraction of sp³-hybridized carbons (Fsp3) is 0.483. The SMILES string of the molecule is CN(C)c1ccc2cc3ccc(N(C)C)cc3[n+](CCCCCC(=O)NCCCCCC(=O)O)c2c1. The molecule has 0 aliphatic rings. The molecule has 0 atom stereocenters. The molecule has 0 aliphatic carbocycles. The fourth-order valence-corrected chi connectivity index (χ4v) is 4.50. The van der Waals surface area contributed by atoms with Crippen molar-refractivity contribution in [3.05, 3.63) is 42.5 Å². The normalized spacial score (nSPS) is 11.1. The molecule has 2 N–H and O–H groups in total. The van der Waals surface area contributed by atoms with Crippen molar-refractivity contribution >= 4 is 45.1 Å². The lowest BCUT2D eigenvalue weighted by Gasteiger charge is -2.15. The van der Waals surface area contributed by atoms with Crippen LogP contribution in [0.15, 0.2) is 42.5 Å². The topological polar surface area (TPSA) is 76.8 Å². The maximum absolute atomic E-state index is 12.1. The second kappa shape index (κ2) is 13.1. The number of carbonyl (C=O) groups excluding carboxylic acids is 1. The van der Waals surface area contributed by atoms with Crippen LogP contribution in [-0.2, 0) is 16.1 Å². The number of hydrogen-bond acceptors (Lipinski definition) is 4. The summed E-state index contributed by atoms with van der Waals surface area (Å²) in [6.45, 7) is 1.52. The lowest BCUT2D eigenvalue weighted by Crippen LogP contribution is -2.36. The average molecular weight is 494 g/mol. The summed E-state index contributed by atoms with van der Waals surface area (Å²) in [5, 5.41) is 14.1. The Hall–Kier alpha value is -3.35. The predicted octanol–water partition coefficient (Wildman–Crippen LogP) is 4.73. The van der Waals surface area contributed by atoms with Crippen molar-refractivity contribution in [1.82, 2.24) is 5.32 Å². The van der Waals surface area contributed by atoms with Crippen LogP contribution in [0.25, 0.3) is 21.8 Å². The third-order valence-corrected chi connectivity index (χ3v) is 6.63. The largest absolute Gasteiger partial charge is 0.481 e. The molecule has 194 valence electrons. The molecule has 0 bridgehead atoms. The number of unbranched alkanes of at least 4 members (excludes halogenated alkanes) is 4. The maximum atomic E-state index is 12.1. The van der Waals surface area contributed by atoms with Crippen LogP contribution in [0, 0.1) is 0 Å². The molecule has 0 saturated carbocycles. The second-order valence-electron chi connectivity index (χ2n) is 9.94. The van der Waals surface area contributed by atoms with Gasteiger partial charge in [0, 0.05) is 88.3 Å². The quantitative estimate of drug-likeness (QED) is 0.193. The monoisotopic (exact) mass is 493 g/mol. The Morgan fingerprint density at radius 2 is 1.31 bits per heavy atom. The molecule has 2 aromatic carbocycles. The molecule has 0 radical (unpaired) electrons. The Kier molecular flexibility index (Phi) is 9.91. The molecule has 0 aliphatic heterocycles. The molecule has 3 aromatic rings. The summed E-state index contributed by atoms with van der Waals surface area (Å²) in [6, 6.07) is 15.5. The van der Waals surface area contributed by atoms with Gasteiger partial charge in [-0.25, -0.2) is 0 Å². The Labute approximate surface area is 214 Å². The molecule has 36 heavy (non-hydrogen) atoms. The van der Waals surface area contributed by atoms with Crippen LogP contribution in [0.1, 0.15) is 51.4 Å². The number of aryl methyl sites for hydroxylation is 1. The molecular formula is C29H41N4O3+. The Bertz CT molecular complexity index is 1120. The maximum Gasteiger partial charge on any atom is 0.303 e. The summed E-state index contributed by atoms with van der Waals surface area (Å²) in [5.41, 5.74) is 4.81. The van der Waals surface area contributed by atoms with E-state index in [1.807, 2.05) is 0 Å². The first-order valence-corrected chi connectivity index (χ1v) is 13.0. The number of carboxylic acids is 1. The number of carbonyl (C=O) groups is 2. The van der Waals surface area contributed by atoms with E-state index in [9.17, 15) is 9.59 Å². The van der Waals surface area contributed by atoms with Gasteiger partial charge in [0.15, 0.2) is 0 Å². The summed E-state index contributed by atoms with van der Waals surface area (Å²) in [4.78, 5) is 27.0. The molecule has 0 unspecified atom stereocenters. The molecule has 1 aromatic heterocycles. The Balaban J connectivity index is 1.62. The van der Waals surface area contributed by atoms with Gasteiger partial charge < -0.3 is 20.2 Å². The van der Waals surface area contributed by atoms with E-state index >= 15 is 0 Å². The molecule has 1 amide bonds. The van der Waals surface area contributed by atoms with Gasteiger partial charge in [0.1, 0.15) is 6.54 Å². The first-order chi connectivity index (χ1) is 17.3. The van der Waals surface area contributed by atoms with E-state index in [4.69, 9.17) is 5.11 Å². The van der Waals surface area contributed by atoms with E-state index in [1.54, 1.807) is 0 Å². The number of fused-ring (bicyclic) bond motifs is 2. The summed E-state index contributed by atoms with van der Waals surface area (Å²) in [5.74, 6) is -0.673. The Morgan fingerprint density at radius 1 is 0.750 bits per heavy atom. The molecule has 0 saturated heterocycles. The Morgan fingerprint density at radius 3 is 1.86 bits per heavy atom. The molecule has 1 heterocycles. The van der Waals surface area contributed by atoms with E-state index in [1.165, 1.54) is 33.2 Å². The lowest BCUT2D eigenvalue weighted by molar-refractivity contribution is -0.645.